The minimum absolute atomic E-state index is 0.336. The zero-order chi connectivity index (χ0) is 13.1. The zero-order valence-electron chi connectivity index (χ0n) is 11.2. The van der Waals surface area contributed by atoms with Crippen molar-refractivity contribution in [3.63, 3.8) is 0 Å². The van der Waals surface area contributed by atoms with E-state index in [1.54, 1.807) is 11.3 Å². The fourth-order valence-electron chi connectivity index (χ4n) is 2.56. The Morgan fingerprint density at radius 1 is 1.50 bits per heavy atom. The fourth-order valence-corrected chi connectivity index (χ4v) is 3.59. The van der Waals surface area contributed by atoms with Gasteiger partial charge in [-0.15, -0.1) is 11.3 Å². The van der Waals surface area contributed by atoms with Crippen molar-refractivity contribution in [3.05, 3.63) is 10.6 Å². The largest absolute Gasteiger partial charge is 0.464 e. The van der Waals surface area contributed by atoms with Gasteiger partial charge in [-0.05, 0) is 26.7 Å². The summed E-state index contributed by atoms with van der Waals surface area (Å²) in [5, 5.41) is 0.960. The van der Waals surface area contributed by atoms with E-state index in [-0.39, 0.29) is 5.97 Å². The van der Waals surface area contributed by atoms with Gasteiger partial charge in [0.2, 0.25) is 0 Å². The molecule has 0 unspecified atom stereocenters. The second kappa shape index (κ2) is 5.69. The average molecular weight is 268 g/mol. The summed E-state index contributed by atoms with van der Waals surface area (Å²) in [6.07, 6.45) is 5.07. The van der Waals surface area contributed by atoms with Crippen molar-refractivity contribution < 1.29 is 9.53 Å². The summed E-state index contributed by atoms with van der Waals surface area (Å²) in [5.41, 5.74) is 0.467. The van der Waals surface area contributed by atoms with Crippen LogP contribution in [0.15, 0.2) is 0 Å². The number of hydrogen-bond donors (Lipinski definition) is 0. The first-order chi connectivity index (χ1) is 8.67. The summed E-state index contributed by atoms with van der Waals surface area (Å²) in [4.78, 5) is 19.3. The van der Waals surface area contributed by atoms with Crippen molar-refractivity contribution in [3.8, 4) is 0 Å². The number of thiazole rings is 1. The number of ether oxygens (including phenoxy) is 1. The molecule has 0 aromatic carbocycles. The number of rotatable bonds is 4. The average Bonchev–Trinajstić information content (AvgIpc) is 3.00. The van der Waals surface area contributed by atoms with Gasteiger partial charge in [-0.2, -0.15) is 0 Å². The number of hydrogen-bond acceptors (Lipinski definition) is 5. The van der Waals surface area contributed by atoms with Crippen molar-refractivity contribution in [1.29, 1.82) is 0 Å². The Morgan fingerprint density at radius 2 is 2.17 bits per heavy atom. The molecule has 0 atom stereocenters. The van der Waals surface area contributed by atoms with E-state index < -0.39 is 0 Å². The van der Waals surface area contributed by atoms with Gasteiger partial charge in [-0.1, -0.05) is 12.8 Å². The van der Waals surface area contributed by atoms with Gasteiger partial charge in [0.15, 0.2) is 10.8 Å². The topological polar surface area (TPSA) is 42.4 Å². The van der Waals surface area contributed by atoms with E-state index >= 15 is 0 Å². The van der Waals surface area contributed by atoms with E-state index in [0.717, 1.165) is 16.6 Å². The number of aromatic nitrogens is 1. The highest BCUT2D eigenvalue weighted by molar-refractivity contribution is 7.15. The monoisotopic (exact) mass is 268 g/mol. The van der Waals surface area contributed by atoms with Crippen LogP contribution in [-0.2, 0) is 4.74 Å². The number of carbonyl (C=O) groups is 1. The van der Waals surface area contributed by atoms with Crippen LogP contribution in [0.3, 0.4) is 0 Å². The van der Waals surface area contributed by atoms with Crippen LogP contribution in [0.25, 0.3) is 0 Å². The van der Waals surface area contributed by atoms with Gasteiger partial charge in [0, 0.05) is 17.5 Å². The van der Waals surface area contributed by atoms with Crippen molar-refractivity contribution in [2.75, 3.05) is 18.6 Å². The first kappa shape index (κ1) is 13.3. The SMILES string of the molecule is CCN(c1nc(C(=O)OC)c(C)s1)C1CCCC1. The van der Waals surface area contributed by atoms with Crippen molar-refractivity contribution in [2.24, 2.45) is 0 Å². The van der Waals surface area contributed by atoms with Crippen LogP contribution in [0.1, 0.15) is 48.0 Å². The molecule has 1 aliphatic carbocycles. The molecule has 1 aromatic rings. The quantitative estimate of drug-likeness (QED) is 0.787. The molecule has 1 heterocycles. The van der Waals surface area contributed by atoms with E-state index in [9.17, 15) is 4.79 Å². The van der Waals surface area contributed by atoms with Crippen LogP contribution in [0.4, 0.5) is 5.13 Å². The highest BCUT2D eigenvalue weighted by Crippen LogP contribution is 2.32. The number of anilines is 1. The number of esters is 1. The molecule has 100 valence electrons. The van der Waals surface area contributed by atoms with Crippen LogP contribution in [0.5, 0.6) is 0 Å². The lowest BCUT2D eigenvalue weighted by Gasteiger charge is -2.26. The maximum Gasteiger partial charge on any atom is 0.357 e. The molecule has 4 nitrogen and oxygen atoms in total. The number of carbonyl (C=O) groups excluding carboxylic acids is 1. The van der Waals surface area contributed by atoms with E-state index in [0.29, 0.717) is 11.7 Å². The van der Waals surface area contributed by atoms with Crippen molar-refractivity contribution in [1.82, 2.24) is 4.98 Å². The van der Waals surface area contributed by atoms with Crippen LogP contribution >= 0.6 is 11.3 Å². The molecular formula is C13H20N2O2S. The summed E-state index contributed by atoms with van der Waals surface area (Å²) in [6.45, 7) is 5.01. The smallest absolute Gasteiger partial charge is 0.357 e. The Bertz CT molecular complexity index is 425. The molecule has 1 fully saturated rings. The Morgan fingerprint density at radius 3 is 2.72 bits per heavy atom. The number of nitrogens with zero attached hydrogens (tertiary/aromatic N) is 2. The lowest BCUT2D eigenvalue weighted by Crippen LogP contribution is -2.32. The Hall–Kier alpha value is -1.10. The third-order valence-electron chi connectivity index (χ3n) is 3.52. The molecule has 2 rings (SSSR count). The lowest BCUT2D eigenvalue weighted by molar-refractivity contribution is 0.0594. The third-order valence-corrected chi connectivity index (χ3v) is 4.52. The van der Waals surface area contributed by atoms with Gasteiger partial charge in [-0.25, -0.2) is 9.78 Å². The summed E-state index contributed by atoms with van der Waals surface area (Å²) < 4.78 is 4.76. The van der Waals surface area contributed by atoms with Gasteiger partial charge < -0.3 is 9.64 Å². The summed E-state index contributed by atoms with van der Waals surface area (Å²) in [5.74, 6) is -0.336. The molecule has 1 aromatic heterocycles. The van der Waals surface area contributed by atoms with Gasteiger partial charge in [0.25, 0.3) is 0 Å². The summed E-state index contributed by atoms with van der Waals surface area (Å²) in [6, 6.07) is 0.589. The molecule has 0 spiro atoms. The molecule has 0 amide bonds. The first-order valence-corrected chi connectivity index (χ1v) is 7.31. The number of methoxy groups -OCH3 is 1. The molecule has 1 saturated carbocycles. The normalized spacial score (nSPS) is 15.9. The van der Waals surface area contributed by atoms with Crippen molar-refractivity contribution in [2.45, 2.75) is 45.6 Å². The molecule has 5 heteroatoms. The summed E-state index contributed by atoms with van der Waals surface area (Å²) in [7, 11) is 1.40. The number of aryl methyl sites for hydroxylation is 1. The minimum Gasteiger partial charge on any atom is -0.464 e. The van der Waals surface area contributed by atoms with Crippen LogP contribution in [-0.4, -0.2) is 30.6 Å². The zero-order valence-corrected chi connectivity index (χ0v) is 12.0. The van der Waals surface area contributed by atoms with E-state index in [2.05, 4.69) is 16.8 Å². The van der Waals surface area contributed by atoms with Crippen LogP contribution in [0.2, 0.25) is 0 Å². The Kier molecular flexibility index (Phi) is 4.22. The van der Waals surface area contributed by atoms with Crippen molar-refractivity contribution >= 4 is 22.4 Å². The van der Waals surface area contributed by atoms with E-state index in [1.807, 2.05) is 6.92 Å². The second-order valence-electron chi connectivity index (χ2n) is 4.62. The molecule has 1 aliphatic rings. The first-order valence-electron chi connectivity index (χ1n) is 6.49. The highest BCUT2D eigenvalue weighted by Gasteiger charge is 2.25. The maximum atomic E-state index is 11.6. The van der Waals surface area contributed by atoms with Gasteiger partial charge in [0.1, 0.15) is 0 Å². The molecule has 18 heavy (non-hydrogen) atoms. The second-order valence-corrected chi connectivity index (χ2v) is 5.80. The third kappa shape index (κ3) is 2.51. The predicted molar refractivity (Wildman–Crippen MR) is 73.5 cm³/mol. The van der Waals surface area contributed by atoms with E-state index in [4.69, 9.17) is 4.74 Å². The van der Waals surface area contributed by atoms with Gasteiger partial charge in [-0.3, -0.25) is 0 Å². The van der Waals surface area contributed by atoms with Crippen LogP contribution < -0.4 is 4.90 Å². The Labute approximate surface area is 112 Å². The van der Waals surface area contributed by atoms with Crippen LogP contribution in [0, 0.1) is 6.92 Å². The van der Waals surface area contributed by atoms with Gasteiger partial charge >= 0.3 is 5.97 Å². The van der Waals surface area contributed by atoms with Gasteiger partial charge in [0.05, 0.1) is 7.11 Å². The highest BCUT2D eigenvalue weighted by atomic mass is 32.1. The summed E-state index contributed by atoms with van der Waals surface area (Å²) >= 11 is 1.59. The predicted octanol–water partition coefficient (Wildman–Crippen LogP) is 3.01. The maximum absolute atomic E-state index is 11.6. The fraction of sp³-hybridized carbons (Fsp3) is 0.692. The molecular weight excluding hydrogens is 248 g/mol. The molecule has 0 N–H and O–H groups in total. The molecule has 0 saturated heterocycles. The standard InChI is InChI=1S/C13H20N2O2S/c1-4-15(10-7-5-6-8-10)13-14-11(9(2)18-13)12(16)17-3/h10H,4-8H2,1-3H3. The molecule has 0 aliphatic heterocycles. The Balaban J connectivity index is 2.23. The van der Waals surface area contributed by atoms with E-state index in [1.165, 1.54) is 32.8 Å². The molecule has 0 bridgehead atoms. The lowest BCUT2D eigenvalue weighted by atomic mass is 10.2. The molecule has 0 radical (unpaired) electrons. The minimum atomic E-state index is -0.336.